The maximum atomic E-state index is 6.30. The van der Waals surface area contributed by atoms with Crippen LogP contribution in [0.25, 0.3) is 0 Å². The van der Waals surface area contributed by atoms with E-state index in [0.717, 1.165) is 0 Å². The molecule has 1 aromatic rings. The van der Waals surface area contributed by atoms with Crippen molar-refractivity contribution >= 4 is 27.3 Å². The Morgan fingerprint density at radius 2 is 2.07 bits per heavy atom. The van der Waals surface area contributed by atoms with Crippen LogP contribution in [0.3, 0.4) is 0 Å². The van der Waals surface area contributed by atoms with Crippen LogP contribution in [0, 0.1) is 5.92 Å². The summed E-state index contributed by atoms with van der Waals surface area (Å²) in [6.07, 6.45) is 6.74. The molecule has 1 aliphatic rings. The van der Waals surface area contributed by atoms with Gasteiger partial charge >= 0.3 is 0 Å². The Morgan fingerprint density at radius 1 is 1.36 bits per heavy atom. The van der Waals surface area contributed by atoms with Crippen molar-refractivity contribution in [2.75, 3.05) is 0 Å². The average Bonchev–Trinajstić information content (AvgIpc) is 2.65. The van der Waals surface area contributed by atoms with E-state index >= 15 is 0 Å². The Bertz CT molecular complexity index is 291. The summed E-state index contributed by atoms with van der Waals surface area (Å²) in [5, 5.41) is 2.11. The lowest BCUT2D eigenvalue weighted by Crippen LogP contribution is -2.22. The first-order chi connectivity index (χ1) is 6.79. The first kappa shape index (κ1) is 10.7. The molecule has 0 saturated heterocycles. The molecule has 0 aromatic carbocycles. The molecule has 2 rings (SSSR count). The molecule has 1 fully saturated rings. The summed E-state index contributed by atoms with van der Waals surface area (Å²) in [6.45, 7) is 0. The zero-order chi connectivity index (χ0) is 9.97. The van der Waals surface area contributed by atoms with Crippen molar-refractivity contribution < 1.29 is 0 Å². The highest BCUT2D eigenvalue weighted by Crippen LogP contribution is 2.37. The largest absolute Gasteiger partial charge is 0.323 e. The highest BCUT2D eigenvalue weighted by molar-refractivity contribution is 9.10. The number of nitrogens with two attached hydrogens (primary N) is 1. The van der Waals surface area contributed by atoms with Gasteiger partial charge in [-0.1, -0.05) is 19.3 Å². The van der Waals surface area contributed by atoms with Gasteiger partial charge in [0.05, 0.1) is 0 Å². The molecule has 0 aliphatic heterocycles. The zero-order valence-corrected chi connectivity index (χ0v) is 10.6. The fourth-order valence-electron chi connectivity index (χ4n) is 2.25. The molecule has 1 nitrogen and oxygen atoms in total. The average molecular weight is 274 g/mol. The number of hydrogen-bond donors (Lipinski definition) is 1. The van der Waals surface area contributed by atoms with Crippen molar-refractivity contribution in [3.8, 4) is 0 Å². The van der Waals surface area contributed by atoms with Crippen LogP contribution in [-0.4, -0.2) is 0 Å². The highest BCUT2D eigenvalue weighted by Gasteiger charge is 2.23. The lowest BCUT2D eigenvalue weighted by atomic mass is 9.84. The quantitative estimate of drug-likeness (QED) is 0.863. The van der Waals surface area contributed by atoms with Crippen LogP contribution in [0.5, 0.6) is 0 Å². The van der Waals surface area contributed by atoms with Crippen LogP contribution in [0.4, 0.5) is 0 Å². The first-order valence-corrected chi connectivity index (χ1v) is 6.95. The van der Waals surface area contributed by atoms with Gasteiger partial charge in [0.15, 0.2) is 0 Å². The third-order valence-electron chi connectivity index (χ3n) is 3.11. The van der Waals surface area contributed by atoms with Crippen LogP contribution < -0.4 is 5.73 Å². The molecular formula is C11H16BrNS. The third kappa shape index (κ3) is 2.20. The highest BCUT2D eigenvalue weighted by atomic mass is 79.9. The second kappa shape index (κ2) is 4.77. The SMILES string of the molecule is NC(c1sccc1Br)C1CCCCC1. The van der Waals surface area contributed by atoms with Gasteiger partial charge in [0.25, 0.3) is 0 Å². The Hall–Kier alpha value is 0.140. The van der Waals surface area contributed by atoms with Crippen LogP contribution in [0.15, 0.2) is 15.9 Å². The van der Waals surface area contributed by atoms with Gasteiger partial charge in [0.1, 0.15) is 0 Å². The summed E-state index contributed by atoms with van der Waals surface area (Å²) in [4.78, 5) is 1.33. The molecule has 0 spiro atoms. The Balaban J connectivity index is 2.07. The van der Waals surface area contributed by atoms with E-state index in [-0.39, 0.29) is 6.04 Å². The van der Waals surface area contributed by atoms with Crippen LogP contribution in [0.2, 0.25) is 0 Å². The summed E-state index contributed by atoms with van der Waals surface area (Å²) in [5.41, 5.74) is 6.30. The van der Waals surface area contributed by atoms with Gasteiger partial charge in [-0.25, -0.2) is 0 Å². The summed E-state index contributed by atoms with van der Waals surface area (Å²) >= 11 is 5.34. The van der Waals surface area contributed by atoms with E-state index in [4.69, 9.17) is 5.73 Å². The van der Waals surface area contributed by atoms with Crippen molar-refractivity contribution in [1.82, 2.24) is 0 Å². The van der Waals surface area contributed by atoms with E-state index in [0.29, 0.717) is 5.92 Å². The molecule has 1 saturated carbocycles. The maximum absolute atomic E-state index is 6.30. The van der Waals surface area contributed by atoms with Gasteiger partial charge in [-0.05, 0) is 46.1 Å². The zero-order valence-electron chi connectivity index (χ0n) is 8.21. The number of hydrogen-bond acceptors (Lipinski definition) is 2. The van der Waals surface area contributed by atoms with Crippen molar-refractivity contribution in [2.24, 2.45) is 11.7 Å². The molecule has 1 atom stereocenters. The second-order valence-corrected chi connectivity index (χ2v) is 5.86. The van der Waals surface area contributed by atoms with E-state index in [1.165, 1.54) is 41.5 Å². The molecule has 0 radical (unpaired) electrons. The molecule has 1 aromatic heterocycles. The topological polar surface area (TPSA) is 26.0 Å². The number of rotatable bonds is 2. The molecular weight excluding hydrogens is 258 g/mol. The Labute approximate surface area is 97.8 Å². The Kier molecular flexibility index (Phi) is 3.63. The Morgan fingerprint density at radius 3 is 2.64 bits per heavy atom. The minimum absolute atomic E-state index is 0.254. The molecule has 2 N–H and O–H groups in total. The minimum Gasteiger partial charge on any atom is -0.323 e. The summed E-state index contributed by atoms with van der Waals surface area (Å²) in [7, 11) is 0. The molecule has 0 bridgehead atoms. The molecule has 1 aliphatic carbocycles. The van der Waals surface area contributed by atoms with Crippen molar-refractivity contribution in [3.63, 3.8) is 0 Å². The predicted molar refractivity (Wildman–Crippen MR) is 65.5 cm³/mol. The van der Waals surface area contributed by atoms with Crippen molar-refractivity contribution in [3.05, 3.63) is 20.8 Å². The molecule has 78 valence electrons. The summed E-state index contributed by atoms with van der Waals surface area (Å²) < 4.78 is 1.19. The smallest absolute Gasteiger partial charge is 0.0429 e. The molecule has 0 amide bonds. The van der Waals surface area contributed by atoms with Crippen LogP contribution >= 0.6 is 27.3 Å². The summed E-state index contributed by atoms with van der Waals surface area (Å²) in [5.74, 6) is 0.707. The fraction of sp³-hybridized carbons (Fsp3) is 0.636. The number of halogens is 1. The first-order valence-electron chi connectivity index (χ1n) is 5.27. The van der Waals surface area contributed by atoms with Gasteiger partial charge in [-0.15, -0.1) is 11.3 Å². The van der Waals surface area contributed by atoms with E-state index in [1.54, 1.807) is 11.3 Å². The maximum Gasteiger partial charge on any atom is 0.0429 e. The van der Waals surface area contributed by atoms with E-state index in [1.807, 2.05) is 0 Å². The lowest BCUT2D eigenvalue weighted by Gasteiger charge is -2.27. The van der Waals surface area contributed by atoms with Crippen molar-refractivity contribution in [1.29, 1.82) is 0 Å². The van der Waals surface area contributed by atoms with Crippen molar-refractivity contribution in [2.45, 2.75) is 38.1 Å². The molecule has 1 heterocycles. The van der Waals surface area contributed by atoms with Gasteiger partial charge in [-0.2, -0.15) is 0 Å². The molecule has 14 heavy (non-hydrogen) atoms. The van der Waals surface area contributed by atoms with Gasteiger partial charge in [-0.3, -0.25) is 0 Å². The lowest BCUT2D eigenvalue weighted by molar-refractivity contribution is 0.310. The fourth-order valence-corrected chi connectivity index (χ4v) is 3.98. The summed E-state index contributed by atoms with van der Waals surface area (Å²) in [6, 6.07) is 2.35. The van der Waals surface area contributed by atoms with Crippen LogP contribution in [-0.2, 0) is 0 Å². The second-order valence-electron chi connectivity index (χ2n) is 4.06. The van der Waals surface area contributed by atoms with E-state index < -0.39 is 0 Å². The van der Waals surface area contributed by atoms with E-state index in [9.17, 15) is 0 Å². The van der Waals surface area contributed by atoms with E-state index in [2.05, 4.69) is 27.4 Å². The minimum atomic E-state index is 0.254. The molecule has 1 unspecified atom stereocenters. The van der Waals surface area contributed by atoms with Gasteiger partial charge < -0.3 is 5.73 Å². The number of thiophene rings is 1. The van der Waals surface area contributed by atoms with Crippen LogP contribution in [0.1, 0.15) is 43.0 Å². The monoisotopic (exact) mass is 273 g/mol. The normalized spacial score (nSPS) is 21.0. The standard InChI is InChI=1S/C11H16BrNS/c12-9-6-7-14-11(9)10(13)8-4-2-1-3-5-8/h6-8,10H,1-5,13H2. The molecule has 3 heteroatoms. The predicted octanol–water partition coefficient (Wildman–Crippen LogP) is 4.09. The van der Waals surface area contributed by atoms with Gasteiger partial charge in [0, 0.05) is 15.4 Å². The van der Waals surface area contributed by atoms with Gasteiger partial charge in [0.2, 0.25) is 0 Å². The third-order valence-corrected chi connectivity index (χ3v) is 5.08.